The number of hydrogen-bond donors (Lipinski definition) is 0. The highest BCUT2D eigenvalue weighted by molar-refractivity contribution is 6.15. The number of non-ortho nitro benzene ring substituents is 1. The number of ketones is 1. The largest absolute Gasteiger partial charge is 0.478 e. The Kier molecular flexibility index (Phi) is 5.84. The van der Waals surface area contributed by atoms with Crippen LogP contribution in [0.15, 0.2) is 36.1 Å². The lowest BCUT2D eigenvalue weighted by molar-refractivity contribution is -0.384. The summed E-state index contributed by atoms with van der Waals surface area (Å²) in [6.07, 6.45) is 1.56. The second-order valence-electron chi connectivity index (χ2n) is 8.45. The molecule has 5 rings (SSSR count). The van der Waals surface area contributed by atoms with E-state index in [1.165, 1.54) is 12.1 Å². The van der Waals surface area contributed by atoms with Crippen molar-refractivity contribution in [2.75, 3.05) is 46.1 Å². The first-order valence-electron chi connectivity index (χ1n) is 11.0. The molecule has 0 unspecified atom stereocenters. The first-order valence-corrected chi connectivity index (χ1v) is 11.0. The van der Waals surface area contributed by atoms with Crippen molar-refractivity contribution >= 4 is 17.5 Å². The fraction of sp³-hybridized carbons (Fsp3) is 0.375. The molecule has 0 bridgehead atoms. The van der Waals surface area contributed by atoms with Crippen molar-refractivity contribution in [2.24, 2.45) is 0 Å². The summed E-state index contributed by atoms with van der Waals surface area (Å²) in [6, 6.07) is 8.02. The SMILES string of the molecule is Cc1cc2c(c3c1C(=O)/C(=C/c1cccc([N+](=O)[O-])c1)O3)CN(CCN1CCOCC1)CO2. The lowest BCUT2D eigenvalue weighted by Crippen LogP contribution is -2.43. The van der Waals surface area contributed by atoms with E-state index in [1.807, 2.05) is 13.0 Å². The monoisotopic (exact) mass is 451 g/mol. The van der Waals surface area contributed by atoms with Crippen molar-refractivity contribution in [1.29, 1.82) is 0 Å². The number of hydrogen-bond acceptors (Lipinski definition) is 8. The predicted octanol–water partition coefficient (Wildman–Crippen LogP) is 3.00. The molecule has 3 heterocycles. The van der Waals surface area contributed by atoms with Crippen LogP contribution in [0, 0.1) is 17.0 Å². The van der Waals surface area contributed by atoms with Crippen molar-refractivity contribution in [3.8, 4) is 11.5 Å². The van der Waals surface area contributed by atoms with Crippen LogP contribution in [0.5, 0.6) is 11.5 Å². The Morgan fingerprint density at radius 3 is 2.73 bits per heavy atom. The fourth-order valence-electron chi connectivity index (χ4n) is 4.41. The zero-order valence-corrected chi connectivity index (χ0v) is 18.4. The molecule has 33 heavy (non-hydrogen) atoms. The minimum Gasteiger partial charge on any atom is -0.478 e. The van der Waals surface area contributed by atoms with Crippen LogP contribution in [0.1, 0.15) is 27.0 Å². The Labute approximate surface area is 191 Å². The van der Waals surface area contributed by atoms with Gasteiger partial charge in [0, 0.05) is 44.9 Å². The molecule has 1 saturated heterocycles. The number of aryl methyl sites for hydroxylation is 1. The summed E-state index contributed by atoms with van der Waals surface area (Å²) in [6.45, 7) is 8.14. The summed E-state index contributed by atoms with van der Waals surface area (Å²) in [7, 11) is 0. The number of allylic oxidation sites excluding steroid dienone is 1. The normalized spacial score (nSPS) is 19.7. The number of carbonyl (C=O) groups excluding carboxylic acids is 1. The minimum absolute atomic E-state index is 0.0369. The third-order valence-corrected chi connectivity index (χ3v) is 6.20. The fourth-order valence-corrected chi connectivity index (χ4v) is 4.41. The van der Waals surface area contributed by atoms with Gasteiger partial charge in [-0.3, -0.25) is 24.7 Å². The van der Waals surface area contributed by atoms with Crippen molar-refractivity contribution in [3.05, 3.63) is 68.5 Å². The maximum absolute atomic E-state index is 13.1. The van der Waals surface area contributed by atoms with Crippen LogP contribution in [0.4, 0.5) is 5.69 Å². The third-order valence-electron chi connectivity index (χ3n) is 6.20. The van der Waals surface area contributed by atoms with Crippen LogP contribution in [-0.4, -0.2) is 66.6 Å². The van der Waals surface area contributed by atoms with Crippen LogP contribution in [-0.2, 0) is 11.3 Å². The minimum atomic E-state index is -0.461. The molecule has 9 heteroatoms. The second kappa shape index (κ2) is 8.93. The van der Waals surface area contributed by atoms with E-state index in [0.29, 0.717) is 30.2 Å². The molecule has 172 valence electrons. The molecular weight excluding hydrogens is 426 g/mol. The van der Waals surface area contributed by atoms with Gasteiger partial charge in [-0.05, 0) is 30.2 Å². The predicted molar refractivity (Wildman–Crippen MR) is 120 cm³/mol. The molecule has 0 saturated carbocycles. The van der Waals surface area contributed by atoms with Gasteiger partial charge in [-0.1, -0.05) is 12.1 Å². The van der Waals surface area contributed by atoms with Crippen LogP contribution >= 0.6 is 0 Å². The molecule has 0 atom stereocenters. The molecule has 0 aliphatic carbocycles. The number of ether oxygens (including phenoxy) is 3. The molecule has 2 aromatic carbocycles. The van der Waals surface area contributed by atoms with Gasteiger partial charge in [0.05, 0.1) is 29.3 Å². The van der Waals surface area contributed by atoms with Gasteiger partial charge in [-0.15, -0.1) is 0 Å². The topological polar surface area (TPSA) is 94.4 Å². The first-order chi connectivity index (χ1) is 16.0. The molecular formula is C24H25N3O6. The number of carbonyl (C=O) groups is 1. The highest BCUT2D eigenvalue weighted by Crippen LogP contribution is 2.44. The smallest absolute Gasteiger partial charge is 0.270 e. The van der Waals surface area contributed by atoms with Crippen molar-refractivity contribution in [2.45, 2.75) is 13.5 Å². The third kappa shape index (κ3) is 4.35. The number of morpholine rings is 1. The quantitative estimate of drug-likeness (QED) is 0.389. The Bertz CT molecular complexity index is 1140. The summed E-state index contributed by atoms with van der Waals surface area (Å²) in [4.78, 5) is 28.3. The summed E-state index contributed by atoms with van der Waals surface area (Å²) in [5.41, 5.74) is 2.68. The average molecular weight is 451 g/mol. The van der Waals surface area contributed by atoms with Gasteiger partial charge >= 0.3 is 0 Å². The molecule has 3 aliphatic heterocycles. The second-order valence-corrected chi connectivity index (χ2v) is 8.45. The maximum Gasteiger partial charge on any atom is 0.270 e. The van der Waals surface area contributed by atoms with Gasteiger partial charge in [-0.25, -0.2) is 0 Å². The number of nitro benzene ring substituents is 1. The van der Waals surface area contributed by atoms with Gasteiger partial charge in [0.25, 0.3) is 5.69 Å². The molecule has 0 amide bonds. The van der Waals surface area contributed by atoms with E-state index in [1.54, 1.807) is 18.2 Å². The number of benzene rings is 2. The lowest BCUT2D eigenvalue weighted by atomic mass is 9.98. The molecule has 0 radical (unpaired) electrons. The molecule has 0 spiro atoms. The summed E-state index contributed by atoms with van der Waals surface area (Å²) in [5.74, 6) is 1.20. The standard InChI is InChI=1S/C24H25N3O6/c1-16-11-20-19(14-26(15-32-20)6-5-25-7-9-31-10-8-25)24-22(16)23(28)21(33-24)13-17-3-2-4-18(12-17)27(29)30/h2-4,11-13H,5-10,14-15H2,1H3/b21-13-. The van der Waals surface area contributed by atoms with Crippen molar-refractivity contribution in [3.63, 3.8) is 0 Å². The summed E-state index contributed by atoms with van der Waals surface area (Å²) in [5, 5.41) is 11.1. The van der Waals surface area contributed by atoms with Crippen LogP contribution in [0.25, 0.3) is 6.08 Å². The highest BCUT2D eigenvalue weighted by Gasteiger charge is 2.35. The van der Waals surface area contributed by atoms with E-state index in [2.05, 4.69) is 9.80 Å². The lowest BCUT2D eigenvalue weighted by Gasteiger charge is -2.33. The van der Waals surface area contributed by atoms with E-state index in [9.17, 15) is 14.9 Å². The zero-order chi connectivity index (χ0) is 22.9. The van der Waals surface area contributed by atoms with Crippen molar-refractivity contribution in [1.82, 2.24) is 9.80 Å². The van der Waals surface area contributed by atoms with E-state index in [0.717, 1.165) is 56.3 Å². The van der Waals surface area contributed by atoms with E-state index < -0.39 is 4.92 Å². The highest BCUT2D eigenvalue weighted by atomic mass is 16.6. The Morgan fingerprint density at radius 1 is 1.15 bits per heavy atom. The Hall–Kier alpha value is -3.27. The number of nitro groups is 1. The van der Waals surface area contributed by atoms with Gasteiger partial charge in [-0.2, -0.15) is 0 Å². The summed E-state index contributed by atoms with van der Waals surface area (Å²) < 4.78 is 17.5. The average Bonchev–Trinajstić information content (AvgIpc) is 3.15. The molecule has 9 nitrogen and oxygen atoms in total. The molecule has 3 aliphatic rings. The molecule has 0 aromatic heterocycles. The van der Waals surface area contributed by atoms with E-state index in [4.69, 9.17) is 14.2 Å². The number of Topliss-reactive ketones (excluding diaryl/α,β-unsaturated/α-hetero) is 1. The molecule has 2 aromatic rings. The number of nitrogens with zero attached hydrogens (tertiary/aromatic N) is 3. The van der Waals surface area contributed by atoms with Crippen LogP contribution < -0.4 is 9.47 Å². The first kappa shape index (κ1) is 21.6. The number of rotatable bonds is 5. The zero-order valence-electron chi connectivity index (χ0n) is 18.4. The maximum atomic E-state index is 13.1. The molecule has 0 N–H and O–H groups in total. The van der Waals surface area contributed by atoms with E-state index in [-0.39, 0.29) is 17.2 Å². The van der Waals surface area contributed by atoms with Gasteiger partial charge in [0.1, 0.15) is 18.2 Å². The molecule has 1 fully saturated rings. The van der Waals surface area contributed by atoms with Gasteiger partial charge in [0.2, 0.25) is 5.78 Å². The Balaban J connectivity index is 1.38. The van der Waals surface area contributed by atoms with E-state index >= 15 is 0 Å². The Morgan fingerprint density at radius 2 is 1.94 bits per heavy atom. The van der Waals surface area contributed by atoms with Crippen molar-refractivity contribution < 1.29 is 23.9 Å². The summed E-state index contributed by atoms with van der Waals surface area (Å²) >= 11 is 0. The van der Waals surface area contributed by atoms with Gasteiger partial charge in [0.15, 0.2) is 5.76 Å². The van der Waals surface area contributed by atoms with Crippen LogP contribution in [0.2, 0.25) is 0 Å². The number of fused-ring (bicyclic) bond motifs is 3. The van der Waals surface area contributed by atoms with Gasteiger partial charge < -0.3 is 14.2 Å². The van der Waals surface area contributed by atoms with Crippen LogP contribution in [0.3, 0.4) is 0 Å².